The van der Waals surface area contributed by atoms with Crippen LogP contribution in [-0.2, 0) is 6.54 Å². The third-order valence-corrected chi connectivity index (χ3v) is 7.51. The van der Waals surface area contributed by atoms with Crippen molar-refractivity contribution in [2.75, 3.05) is 4.90 Å². The number of fused-ring (bicyclic) bond motifs is 1. The summed E-state index contributed by atoms with van der Waals surface area (Å²) in [5.41, 5.74) is 2.24. The van der Waals surface area contributed by atoms with Crippen LogP contribution in [0, 0.1) is 10.1 Å². The highest BCUT2D eigenvalue weighted by Crippen LogP contribution is 2.43. The molecule has 0 aliphatic carbocycles. The zero-order chi connectivity index (χ0) is 28.8. The second-order valence-electron chi connectivity index (χ2n) is 9.38. The second kappa shape index (κ2) is 10.2. The number of non-ortho nitro benzene ring substituents is 1. The molecule has 5 aromatic rings. The van der Waals surface area contributed by atoms with Gasteiger partial charge in [-0.3, -0.25) is 24.3 Å². The third kappa shape index (κ3) is 4.53. The first kappa shape index (κ1) is 26.3. The number of hydrogen-bond acceptors (Lipinski definition) is 5. The topological polar surface area (TPSA) is 106 Å². The lowest BCUT2D eigenvalue weighted by atomic mass is 9.90. The molecule has 1 aliphatic heterocycles. The van der Waals surface area contributed by atoms with Gasteiger partial charge in [-0.05, 0) is 72.3 Å². The number of nitro benzene ring substituents is 1. The molecule has 2 heterocycles. The molecule has 0 atom stereocenters. The molecule has 202 valence electrons. The molecule has 0 bridgehead atoms. The van der Waals surface area contributed by atoms with Gasteiger partial charge in [0.05, 0.1) is 17.0 Å². The molecule has 0 fully saturated rings. The Hall–Kier alpha value is -4.92. The number of phenols is 1. The van der Waals surface area contributed by atoms with Gasteiger partial charge in [0.2, 0.25) is 0 Å². The van der Waals surface area contributed by atoms with Gasteiger partial charge >= 0.3 is 0 Å². The van der Waals surface area contributed by atoms with E-state index in [2.05, 4.69) is 0 Å². The lowest BCUT2D eigenvalue weighted by molar-refractivity contribution is -0.384. The second-order valence-corrected chi connectivity index (χ2v) is 10.3. The van der Waals surface area contributed by atoms with Crippen LogP contribution < -0.4 is 10.5 Å². The summed E-state index contributed by atoms with van der Waals surface area (Å²) < 4.78 is 1.34. The standard InChI is InChI=1S/C31H19Cl2N3O5/c32-19-7-13-21(14-8-19)34-17-25-28(24-3-1-2-4-26(24)37)27(18-5-11-23(12-6-18)36(40)41)30(38)35(29(25)31(34)39)22-15-9-20(33)10-16-22/h1-16,37H,17H2. The molecule has 0 radical (unpaired) electrons. The summed E-state index contributed by atoms with van der Waals surface area (Å²) >= 11 is 12.2. The Labute approximate surface area is 243 Å². The number of aromatic hydroxyl groups is 1. The maximum absolute atomic E-state index is 14.5. The van der Waals surface area contributed by atoms with Crippen LogP contribution >= 0.6 is 23.2 Å². The molecule has 1 N–H and O–H groups in total. The minimum absolute atomic E-state index is 0.0844. The van der Waals surface area contributed by atoms with Crippen LogP contribution in [-0.4, -0.2) is 20.5 Å². The van der Waals surface area contributed by atoms with E-state index in [1.165, 1.54) is 39.8 Å². The van der Waals surface area contributed by atoms with E-state index in [1.807, 2.05) is 0 Å². The van der Waals surface area contributed by atoms with E-state index in [0.717, 1.165) is 0 Å². The molecule has 0 unspecified atom stereocenters. The van der Waals surface area contributed by atoms with Crippen molar-refractivity contribution in [2.24, 2.45) is 0 Å². The van der Waals surface area contributed by atoms with Gasteiger partial charge in [-0.1, -0.05) is 41.4 Å². The number of benzene rings is 4. The number of halogens is 2. The van der Waals surface area contributed by atoms with E-state index in [0.29, 0.717) is 43.7 Å². The van der Waals surface area contributed by atoms with Crippen molar-refractivity contribution in [3.05, 3.63) is 139 Å². The lowest BCUT2D eigenvalue weighted by Gasteiger charge is -2.19. The molecule has 10 heteroatoms. The summed E-state index contributed by atoms with van der Waals surface area (Å²) in [5.74, 6) is -0.500. The molecule has 41 heavy (non-hydrogen) atoms. The summed E-state index contributed by atoms with van der Waals surface area (Å²) in [4.78, 5) is 41.0. The molecule has 1 aliphatic rings. The maximum atomic E-state index is 14.5. The van der Waals surface area contributed by atoms with Crippen LogP contribution in [0.25, 0.3) is 27.9 Å². The fourth-order valence-electron chi connectivity index (χ4n) is 5.13. The molecule has 4 aromatic carbocycles. The first-order valence-corrected chi connectivity index (χ1v) is 13.2. The summed E-state index contributed by atoms with van der Waals surface area (Å²) in [6.07, 6.45) is 0. The number of nitrogens with zero attached hydrogens (tertiary/aromatic N) is 3. The van der Waals surface area contributed by atoms with Crippen molar-refractivity contribution in [3.8, 4) is 33.7 Å². The van der Waals surface area contributed by atoms with Crippen LogP contribution in [0.3, 0.4) is 0 Å². The minimum atomic E-state index is -0.538. The third-order valence-electron chi connectivity index (χ3n) is 7.01. The molecule has 1 amide bonds. The fourth-order valence-corrected chi connectivity index (χ4v) is 5.38. The van der Waals surface area contributed by atoms with Gasteiger partial charge in [-0.25, -0.2) is 0 Å². The summed E-state index contributed by atoms with van der Waals surface area (Å²) in [6, 6.07) is 25.5. The van der Waals surface area contributed by atoms with Crippen molar-refractivity contribution in [2.45, 2.75) is 6.54 Å². The van der Waals surface area contributed by atoms with Crippen molar-refractivity contribution in [3.63, 3.8) is 0 Å². The molecule has 0 saturated carbocycles. The Bertz CT molecular complexity index is 1900. The molecule has 8 nitrogen and oxygen atoms in total. The predicted molar refractivity (Wildman–Crippen MR) is 158 cm³/mol. The van der Waals surface area contributed by atoms with Gasteiger partial charge in [0, 0.05) is 50.2 Å². The van der Waals surface area contributed by atoms with Crippen molar-refractivity contribution < 1.29 is 14.8 Å². The number of anilines is 1. The Kier molecular flexibility index (Phi) is 6.57. The van der Waals surface area contributed by atoms with Gasteiger partial charge in [-0.2, -0.15) is 0 Å². The van der Waals surface area contributed by atoms with E-state index in [9.17, 15) is 24.8 Å². The monoisotopic (exact) mass is 583 g/mol. The predicted octanol–water partition coefficient (Wildman–Crippen LogP) is 7.25. The van der Waals surface area contributed by atoms with Crippen LogP contribution in [0.15, 0.2) is 102 Å². The Balaban J connectivity index is 1.72. The highest BCUT2D eigenvalue weighted by atomic mass is 35.5. The van der Waals surface area contributed by atoms with Crippen LogP contribution in [0.2, 0.25) is 10.0 Å². The zero-order valence-electron chi connectivity index (χ0n) is 21.1. The van der Waals surface area contributed by atoms with Crippen LogP contribution in [0.4, 0.5) is 11.4 Å². The number of rotatable bonds is 5. The number of carbonyl (C=O) groups excluding carboxylic acids is 1. The minimum Gasteiger partial charge on any atom is -0.507 e. The van der Waals surface area contributed by atoms with Gasteiger partial charge in [0.1, 0.15) is 11.4 Å². The van der Waals surface area contributed by atoms with E-state index in [-0.39, 0.29) is 29.2 Å². The first-order valence-electron chi connectivity index (χ1n) is 12.4. The molecular formula is C31H19Cl2N3O5. The quantitative estimate of drug-likeness (QED) is 0.173. The van der Waals surface area contributed by atoms with Crippen LogP contribution in [0.5, 0.6) is 5.75 Å². The Morgan fingerprint density at radius 3 is 1.93 bits per heavy atom. The van der Waals surface area contributed by atoms with Gasteiger partial charge in [0.15, 0.2) is 0 Å². The van der Waals surface area contributed by atoms with Crippen molar-refractivity contribution >= 4 is 40.5 Å². The van der Waals surface area contributed by atoms with Gasteiger partial charge in [-0.15, -0.1) is 0 Å². The normalized spacial score (nSPS) is 12.4. The number of hydrogen-bond donors (Lipinski definition) is 1. The number of phenolic OH excluding ortho intramolecular Hbond substituents is 1. The Morgan fingerprint density at radius 1 is 0.756 bits per heavy atom. The molecule has 6 rings (SSSR count). The van der Waals surface area contributed by atoms with E-state index in [1.54, 1.807) is 66.7 Å². The average molecular weight is 584 g/mol. The maximum Gasteiger partial charge on any atom is 0.276 e. The molecule has 1 aromatic heterocycles. The number of amides is 1. The number of pyridine rings is 1. The first-order chi connectivity index (χ1) is 19.7. The largest absolute Gasteiger partial charge is 0.507 e. The van der Waals surface area contributed by atoms with Crippen molar-refractivity contribution in [1.29, 1.82) is 0 Å². The number of aromatic nitrogens is 1. The SMILES string of the molecule is O=C1c2c(c(-c3ccccc3O)c(-c3ccc([N+](=O)[O-])cc3)c(=O)n2-c2ccc(Cl)cc2)CN1c1ccc(Cl)cc1. The molecular weight excluding hydrogens is 565 g/mol. The average Bonchev–Trinajstić information content (AvgIpc) is 3.30. The van der Waals surface area contributed by atoms with Gasteiger partial charge < -0.3 is 10.0 Å². The summed E-state index contributed by atoms with van der Waals surface area (Å²) in [7, 11) is 0. The number of nitro groups is 1. The smallest absolute Gasteiger partial charge is 0.276 e. The number of para-hydroxylation sites is 1. The Morgan fingerprint density at radius 2 is 1.34 bits per heavy atom. The van der Waals surface area contributed by atoms with E-state index < -0.39 is 16.4 Å². The molecule has 0 spiro atoms. The van der Waals surface area contributed by atoms with Crippen LogP contribution in [0.1, 0.15) is 16.1 Å². The summed E-state index contributed by atoms with van der Waals surface area (Å²) in [5, 5.41) is 23.2. The fraction of sp³-hybridized carbons (Fsp3) is 0.0323. The lowest BCUT2D eigenvalue weighted by Crippen LogP contribution is -2.29. The summed E-state index contributed by atoms with van der Waals surface area (Å²) in [6.45, 7) is 0.0906. The zero-order valence-corrected chi connectivity index (χ0v) is 22.6. The van der Waals surface area contributed by atoms with E-state index >= 15 is 0 Å². The molecule has 0 saturated heterocycles. The van der Waals surface area contributed by atoms with E-state index in [4.69, 9.17) is 23.2 Å². The van der Waals surface area contributed by atoms with Gasteiger partial charge in [0.25, 0.3) is 17.2 Å². The highest BCUT2D eigenvalue weighted by molar-refractivity contribution is 6.31. The number of carbonyl (C=O) groups is 1. The highest BCUT2D eigenvalue weighted by Gasteiger charge is 2.38. The van der Waals surface area contributed by atoms with Crippen molar-refractivity contribution in [1.82, 2.24) is 4.57 Å².